The minimum Gasteiger partial charge on any atom is -0.390 e. The van der Waals surface area contributed by atoms with Crippen molar-refractivity contribution in [3.63, 3.8) is 0 Å². The van der Waals surface area contributed by atoms with E-state index in [2.05, 4.69) is 17.1 Å². The van der Waals surface area contributed by atoms with Crippen LogP contribution < -0.4 is 5.32 Å². The lowest BCUT2D eigenvalue weighted by Gasteiger charge is -2.38. The first-order valence-corrected chi connectivity index (χ1v) is 8.55. The Morgan fingerprint density at radius 1 is 1.28 bits per heavy atom. The number of hydrogen-bond acceptors (Lipinski definition) is 5. The summed E-state index contributed by atoms with van der Waals surface area (Å²) >= 11 is 0. The van der Waals surface area contributed by atoms with Gasteiger partial charge >= 0.3 is 0 Å². The van der Waals surface area contributed by atoms with Crippen LogP contribution >= 0.6 is 0 Å². The summed E-state index contributed by atoms with van der Waals surface area (Å²) in [4.78, 5) is 2.16. The van der Waals surface area contributed by atoms with Gasteiger partial charge in [-0.1, -0.05) is 0 Å². The highest BCUT2D eigenvalue weighted by atomic mass is 32.2. The molecule has 0 aromatic carbocycles. The van der Waals surface area contributed by atoms with E-state index in [1.165, 1.54) is 0 Å². The van der Waals surface area contributed by atoms with Crippen molar-refractivity contribution < 1.29 is 13.5 Å². The number of rotatable bonds is 3. The summed E-state index contributed by atoms with van der Waals surface area (Å²) in [5.74, 6) is 0.715. The summed E-state index contributed by atoms with van der Waals surface area (Å²) in [6, 6.07) is 0.324. The average molecular weight is 276 g/mol. The zero-order valence-corrected chi connectivity index (χ0v) is 12.0. The molecule has 5 nitrogen and oxygen atoms in total. The number of likely N-dealkylation sites (tertiary alicyclic amines) is 1. The van der Waals surface area contributed by atoms with Crippen LogP contribution in [0.4, 0.5) is 0 Å². The molecule has 2 saturated heterocycles. The number of sulfone groups is 1. The molecule has 106 valence electrons. The Morgan fingerprint density at radius 2 is 1.89 bits per heavy atom. The average Bonchev–Trinajstić information content (AvgIpc) is 2.62. The number of hydrogen-bond donors (Lipinski definition) is 2. The Hall–Kier alpha value is -0.170. The number of nitrogens with zero attached hydrogens (tertiary/aromatic N) is 1. The first-order valence-electron chi connectivity index (χ1n) is 6.73. The van der Waals surface area contributed by atoms with Crippen molar-refractivity contribution in [3.8, 4) is 0 Å². The predicted molar refractivity (Wildman–Crippen MR) is 71.3 cm³/mol. The topological polar surface area (TPSA) is 69.6 Å². The van der Waals surface area contributed by atoms with Crippen molar-refractivity contribution in [2.24, 2.45) is 5.92 Å². The second kappa shape index (κ2) is 5.45. The fraction of sp³-hybridized carbons (Fsp3) is 1.00. The third-order valence-corrected chi connectivity index (χ3v) is 6.20. The van der Waals surface area contributed by atoms with Crippen LogP contribution in [0.2, 0.25) is 0 Å². The number of aliphatic hydroxyl groups excluding tert-OH is 1. The van der Waals surface area contributed by atoms with Gasteiger partial charge in [0.05, 0.1) is 23.7 Å². The van der Waals surface area contributed by atoms with Crippen molar-refractivity contribution in [1.29, 1.82) is 0 Å². The normalized spacial score (nSPS) is 35.7. The number of nitrogens with one attached hydrogen (secondary N) is 1. The monoisotopic (exact) mass is 276 g/mol. The molecule has 0 aromatic rings. The molecule has 0 amide bonds. The van der Waals surface area contributed by atoms with Crippen LogP contribution in [0.5, 0.6) is 0 Å². The third-order valence-electron chi connectivity index (χ3n) is 4.50. The smallest absolute Gasteiger partial charge is 0.154 e. The van der Waals surface area contributed by atoms with Crippen LogP contribution in [0, 0.1) is 5.92 Å². The second-order valence-corrected chi connectivity index (χ2v) is 7.82. The van der Waals surface area contributed by atoms with Crippen molar-refractivity contribution in [3.05, 3.63) is 0 Å². The molecule has 3 atom stereocenters. The molecule has 0 radical (unpaired) electrons. The number of piperidine rings is 1. The molecule has 2 heterocycles. The maximum Gasteiger partial charge on any atom is 0.154 e. The Morgan fingerprint density at radius 3 is 2.33 bits per heavy atom. The van der Waals surface area contributed by atoms with Gasteiger partial charge in [0.1, 0.15) is 0 Å². The third kappa shape index (κ3) is 3.04. The lowest BCUT2D eigenvalue weighted by Crippen LogP contribution is -2.49. The van der Waals surface area contributed by atoms with E-state index >= 15 is 0 Å². The van der Waals surface area contributed by atoms with Gasteiger partial charge in [-0.15, -0.1) is 0 Å². The molecule has 18 heavy (non-hydrogen) atoms. The Kier molecular flexibility index (Phi) is 4.31. The van der Waals surface area contributed by atoms with Crippen molar-refractivity contribution in [2.75, 3.05) is 31.6 Å². The van der Waals surface area contributed by atoms with Crippen LogP contribution in [0.3, 0.4) is 0 Å². The van der Waals surface area contributed by atoms with E-state index in [1.54, 1.807) is 0 Å². The highest BCUT2D eigenvalue weighted by molar-refractivity contribution is 7.91. The molecule has 2 rings (SSSR count). The molecule has 2 aliphatic rings. The Bertz CT molecular complexity index is 377. The van der Waals surface area contributed by atoms with E-state index in [9.17, 15) is 13.5 Å². The van der Waals surface area contributed by atoms with Gasteiger partial charge in [0.15, 0.2) is 9.84 Å². The summed E-state index contributed by atoms with van der Waals surface area (Å²) in [7, 11) is -1.06. The summed E-state index contributed by atoms with van der Waals surface area (Å²) in [5, 5.41) is 13.1. The van der Waals surface area contributed by atoms with Gasteiger partial charge in [-0.2, -0.15) is 0 Å². The Balaban J connectivity index is 1.90. The summed E-state index contributed by atoms with van der Waals surface area (Å²) < 4.78 is 23.0. The van der Waals surface area contributed by atoms with Crippen molar-refractivity contribution in [1.82, 2.24) is 10.2 Å². The maximum absolute atomic E-state index is 11.5. The SMILES string of the molecule is CNC(C)C1CCN(C2CS(=O)(=O)CC2O)CC1. The van der Waals surface area contributed by atoms with Gasteiger partial charge in [-0.25, -0.2) is 8.42 Å². The summed E-state index contributed by atoms with van der Waals surface area (Å²) in [6.45, 7) is 3.98. The van der Waals surface area contributed by atoms with E-state index in [0.717, 1.165) is 25.9 Å². The van der Waals surface area contributed by atoms with E-state index in [4.69, 9.17) is 0 Å². The molecule has 2 N–H and O–H groups in total. The van der Waals surface area contributed by atoms with Crippen LogP contribution in [-0.4, -0.2) is 68.3 Å². The molecule has 2 aliphatic heterocycles. The minimum atomic E-state index is -3.03. The highest BCUT2D eigenvalue weighted by Gasteiger charge is 2.41. The molecular formula is C12H24N2O3S. The van der Waals surface area contributed by atoms with E-state index in [0.29, 0.717) is 12.0 Å². The van der Waals surface area contributed by atoms with E-state index in [1.807, 2.05) is 7.05 Å². The number of aliphatic hydroxyl groups is 1. The molecule has 0 saturated carbocycles. The van der Waals surface area contributed by atoms with Crippen LogP contribution in [-0.2, 0) is 9.84 Å². The minimum absolute atomic E-state index is 0.0650. The van der Waals surface area contributed by atoms with Crippen molar-refractivity contribution in [2.45, 2.75) is 38.0 Å². The van der Waals surface area contributed by atoms with Gasteiger partial charge in [-0.05, 0) is 45.8 Å². The molecule has 0 aromatic heterocycles. The molecular weight excluding hydrogens is 252 g/mol. The zero-order chi connectivity index (χ0) is 13.3. The predicted octanol–water partition coefficient (Wildman–Crippen LogP) is -0.536. The molecule has 2 fully saturated rings. The van der Waals surface area contributed by atoms with Gasteiger partial charge in [0.25, 0.3) is 0 Å². The standard InChI is InChI=1S/C12H24N2O3S/c1-9(13-2)10-3-5-14(6-4-10)11-7-18(16,17)8-12(11)15/h9-13,15H,3-8H2,1-2H3. The first-order chi connectivity index (χ1) is 8.43. The van der Waals surface area contributed by atoms with Gasteiger partial charge < -0.3 is 10.4 Å². The quantitative estimate of drug-likeness (QED) is 0.725. The van der Waals surface area contributed by atoms with Gasteiger partial charge in [-0.3, -0.25) is 4.90 Å². The lowest BCUT2D eigenvalue weighted by atomic mass is 9.89. The molecule has 3 unspecified atom stereocenters. The summed E-state index contributed by atoms with van der Waals surface area (Å²) in [5.41, 5.74) is 0. The van der Waals surface area contributed by atoms with Crippen LogP contribution in [0.15, 0.2) is 0 Å². The van der Waals surface area contributed by atoms with Crippen LogP contribution in [0.25, 0.3) is 0 Å². The Labute approximate surface area is 109 Å². The molecule has 0 aliphatic carbocycles. The van der Waals surface area contributed by atoms with Crippen molar-refractivity contribution >= 4 is 9.84 Å². The molecule has 6 heteroatoms. The van der Waals surface area contributed by atoms with E-state index in [-0.39, 0.29) is 17.5 Å². The lowest BCUT2D eigenvalue weighted by molar-refractivity contribution is 0.0545. The largest absolute Gasteiger partial charge is 0.390 e. The molecule has 0 bridgehead atoms. The fourth-order valence-electron chi connectivity index (χ4n) is 3.15. The fourth-order valence-corrected chi connectivity index (χ4v) is 4.98. The first kappa shape index (κ1) is 14.2. The van der Waals surface area contributed by atoms with E-state index < -0.39 is 15.9 Å². The molecule has 0 spiro atoms. The van der Waals surface area contributed by atoms with Gasteiger partial charge in [0, 0.05) is 6.04 Å². The maximum atomic E-state index is 11.5. The highest BCUT2D eigenvalue weighted by Crippen LogP contribution is 2.26. The van der Waals surface area contributed by atoms with Gasteiger partial charge in [0.2, 0.25) is 0 Å². The summed E-state index contributed by atoms with van der Waals surface area (Å²) in [6.07, 6.45) is 1.45. The second-order valence-electron chi connectivity index (χ2n) is 5.66. The zero-order valence-electron chi connectivity index (χ0n) is 11.2. The van der Waals surface area contributed by atoms with Crippen LogP contribution in [0.1, 0.15) is 19.8 Å².